The zero-order valence-electron chi connectivity index (χ0n) is 24.5. The number of nitrogens with zero attached hydrogens (tertiary/aromatic N) is 4. The van der Waals surface area contributed by atoms with Gasteiger partial charge in [0.15, 0.2) is 11.2 Å². The van der Waals surface area contributed by atoms with E-state index in [1.807, 2.05) is 67.0 Å². The Morgan fingerprint density at radius 1 is 0.435 bits per heavy atom. The minimum atomic E-state index is 0.723. The first kappa shape index (κ1) is 25.0. The summed E-state index contributed by atoms with van der Waals surface area (Å²) in [6.07, 6.45) is 3.81. The molecule has 0 spiro atoms. The Bertz CT molecular complexity index is 2660. The van der Waals surface area contributed by atoms with Crippen molar-refractivity contribution in [2.45, 2.75) is 0 Å². The molecule has 0 aliphatic heterocycles. The van der Waals surface area contributed by atoms with Crippen LogP contribution in [-0.2, 0) is 0 Å². The van der Waals surface area contributed by atoms with Crippen molar-refractivity contribution < 1.29 is 8.83 Å². The van der Waals surface area contributed by atoms with Crippen LogP contribution >= 0.6 is 0 Å². The van der Waals surface area contributed by atoms with E-state index < -0.39 is 0 Å². The number of aromatic nitrogens is 3. The van der Waals surface area contributed by atoms with E-state index in [9.17, 15) is 0 Å². The Morgan fingerprint density at radius 3 is 1.63 bits per heavy atom. The molecule has 6 nitrogen and oxygen atoms in total. The SMILES string of the molecule is c1ccc(-n2c3ccccc3c3ccc(N(c4cnc5c(c4)oc4ccccc45)c4cnc5c(c4)oc4ccccc45)cc32)cc1. The highest BCUT2D eigenvalue weighted by atomic mass is 16.3. The molecule has 0 radical (unpaired) electrons. The minimum absolute atomic E-state index is 0.723. The predicted octanol–water partition coefficient (Wildman–Crippen LogP) is 10.8. The number of hydrogen-bond acceptors (Lipinski definition) is 5. The Morgan fingerprint density at radius 2 is 0.978 bits per heavy atom. The van der Waals surface area contributed by atoms with E-state index in [-0.39, 0.29) is 0 Å². The van der Waals surface area contributed by atoms with Crippen molar-refractivity contribution in [3.8, 4) is 5.69 Å². The number of hydrogen-bond donors (Lipinski definition) is 0. The van der Waals surface area contributed by atoms with Gasteiger partial charge in [0, 0.05) is 45.1 Å². The summed E-state index contributed by atoms with van der Waals surface area (Å²) in [5.74, 6) is 0. The van der Waals surface area contributed by atoms with E-state index in [0.717, 1.165) is 77.9 Å². The molecule has 216 valence electrons. The normalized spacial score (nSPS) is 11.9. The van der Waals surface area contributed by atoms with Gasteiger partial charge in [-0.1, -0.05) is 66.7 Å². The summed E-state index contributed by atoms with van der Waals surface area (Å²) in [5, 5.41) is 4.37. The molecule has 0 aliphatic rings. The van der Waals surface area contributed by atoms with Gasteiger partial charge in [0.25, 0.3) is 0 Å². The molecule has 0 atom stereocenters. The standard InChI is InChI=1S/C40H24N4O2/c1-2-10-25(11-3-1)44-33-15-7-4-12-29(33)30-19-18-26(20-34(30)44)43(27-21-37-39(41-23-27)31-13-5-8-16-35(31)45-37)28-22-38-40(42-24-28)32-14-6-9-17-36(32)46-38/h1-24H. The van der Waals surface area contributed by atoms with Crippen LogP contribution in [0.2, 0.25) is 0 Å². The number of rotatable bonds is 4. The van der Waals surface area contributed by atoms with Gasteiger partial charge in [0.1, 0.15) is 22.2 Å². The van der Waals surface area contributed by atoms with Crippen LogP contribution in [0.25, 0.3) is 71.6 Å². The third kappa shape index (κ3) is 3.64. The van der Waals surface area contributed by atoms with E-state index in [0.29, 0.717) is 0 Å². The molecule has 46 heavy (non-hydrogen) atoms. The minimum Gasteiger partial charge on any atom is -0.454 e. The van der Waals surface area contributed by atoms with Gasteiger partial charge in [0.05, 0.1) is 34.8 Å². The molecular weight excluding hydrogens is 568 g/mol. The maximum atomic E-state index is 6.28. The Balaban J connectivity index is 1.24. The summed E-state index contributed by atoms with van der Waals surface area (Å²) < 4.78 is 14.9. The molecule has 0 unspecified atom stereocenters. The van der Waals surface area contributed by atoms with Crippen LogP contribution < -0.4 is 4.90 Å². The number of anilines is 3. The summed E-state index contributed by atoms with van der Waals surface area (Å²) in [7, 11) is 0. The molecule has 0 fully saturated rings. The van der Waals surface area contributed by atoms with Crippen LogP contribution in [0.15, 0.2) is 155 Å². The first-order valence-corrected chi connectivity index (χ1v) is 15.2. The number of benzene rings is 5. The van der Waals surface area contributed by atoms with Crippen LogP contribution in [0.1, 0.15) is 0 Å². The molecule has 5 heterocycles. The Labute approximate surface area is 262 Å². The average Bonchev–Trinajstić information content (AvgIpc) is 3.77. The fourth-order valence-electron chi connectivity index (χ4n) is 6.81. The fraction of sp³-hybridized carbons (Fsp3) is 0. The van der Waals surface area contributed by atoms with Crippen molar-refractivity contribution in [2.24, 2.45) is 0 Å². The van der Waals surface area contributed by atoms with E-state index in [2.05, 4.69) is 88.3 Å². The number of para-hydroxylation sites is 4. The summed E-state index contributed by atoms with van der Waals surface area (Å²) in [4.78, 5) is 12.0. The molecule has 10 aromatic rings. The van der Waals surface area contributed by atoms with Gasteiger partial charge < -0.3 is 18.3 Å². The fourth-order valence-corrected chi connectivity index (χ4v) is 6.81. The van der Waals surface area contributed by atoms with Crippen LogP contribution in [-0.4, -0.2) is 14.5 Å². The van der Waals surface area contributed by atoms with E-state index in [1.165, 1.54) is 10.8 Å². The molecule has 6 heteroatoms. The molecule has 0 bridgehead atoms. The van der Waals surface area contributed by atoms with Gasteiger partial charge in [-0.3, -0.25) is 0 Å². The maximum Gasteiger partial charge on any atom is 0.155 e. The highest BCUT2D eigenvalue weighted by Gasteiger charge is 2.21. The lowest BCUT2D eigenvalue weighted by Gasteiger charge is -2.25. The highest BCUT2D eigenvalue weighted by Crippen LogP contribution is 2.42. The summed E-state index contributed by atoms with van der Waals surface area (Å²) >= 11 is 0. The van der Waals surface area contributed by atoms with Gasteiger partial charge in [-0.25, -0.2) is 9.97 Å². The van der Waals surface area contributed by atoms with Gasteiger partial charge in [-0.2, -0.15) is 0 Å². The molecule has 0 saturated carbocycles. The first-order chi connectivity index (χ1) is 22.8. The topological polar surface area (TPSA) is 60.2 Å². The lowest BCUT2D eigenvalue weighted by Crippen LogP contribution is -2.11. The molecule has 5 aromatic heterocycles. The number of fused-ring (bicyclic) bond motifs is 9. The van der Waals surface area contributed by atoms with Gasteiger partial charge in [-0.15, -0.1) is 0 Å². The van der Waals surface area contributed by atoms with E-state index in [4.69, 9.17) is 18.8 Å². The summed E-state index contributed by atoms with van der Waals surface area (Å²) in [5.41, 5.74) is 10.8. The van der Waals surface area contributed by atoms with E-state index >= 15 is 0 Å². The zero-order valence-corrected chi connectivity index (χ0v) is 24.5. The second-order valence-electron chi connectivity index (χ2n) is 11.5. The van der Waals surface area contributed by atoms with Crippen LogP contribution in [0, 0.1) is 0 Å². The van der Waals surface area contributed by atoms with Crippen molar-refractivity contribution in [1.29, 1.82) is 0 Å². The second-order valence-corrected chi connectivity index (χ2v) is 11.5. The van der Waals surface area contributed by atoms with Crippen LogP contribution in [0.3, 0.4) is 0 Å². The van der Waals surface area contributed by atoms with Gasteiger partial charge in [0.2, 0.25) is 0 Å². The molecule has 0 N–H and O–H groups in total. The quantitative estimate of drug-likeness (QED) is 0.203. The Hall–Kier alpha value is -6.40. The van der Waals surface area contributed by atoms with Crippen LogP contribution in [0.4, 0.5) is 17.1 Å². The monoisotopic (exact) mass is 592 g/mol. The van der Waals surface area contributed by atoms with Crippen molar-refractivity contribution >= 4 is 83.0 Å². The lowest BCUT2D eigenvalue weighted by atomic mass is 10.1. The van der Waals surface area contributed by atoms with E-state index in [1.54, 1.807) is 0 Å². The summed E-state index contributed by atoms with van der Waals surface area (Å²) in [6.45, 7) is 0. The van der Waals surface area contributed by atoms with Crippen molar-refractivity contribution in [3.05, 3.63) is 146 Å². The summed E-state index contributed by atoms with van der Waals surface area (Å²) in [6, 6.07) is 45.8. The zero-order chi connectivity index (χ0) is 30.2. The molecule has 10 rings (SSSR count). The highest BCUT2D eigenvalue weighted by molar-refractivity contribution is 6.11. The Kier molecular flexibility index (Phi) is 5.19. The second kappa shape index (κ2) is 9.55. The average molecular weight is 593 g/mol. The van der Waals surface area contributed by atoms with Crippen molar-refractivity contribution in [3.63, 3.8) is 0 Å². The molecule has 0 amide bonds. The molecule has 5 aromatic carbocycles. The predicted molar refractivity (Wildman–Crippen MR) is 186 cm³/mol. The number of furan rings is 2. The van der Waals surface area contributed by atoms with Crippen molar-refractivity contribution in [2.75, 3.05) is 4.90 Å². The largest absolute Gasteiger partial charge is 0.454 e. The molecular formula is C40H24N4O2. The van der Waals surface area contributed by atoms with Crippen molar-refractivity contribution in [1.82, 2.24) is 14.5 Å². The molecule has 0 aliphatic carbocycles. The smallest absolute Gasteiger partial charge is 0.155 e. The third-order valence-electron chi connectivity index (χ3n) is 8.85. The van der Waals surface area contributed by atoms with Crippen LogP contribution in [0.5, 0.6) is 0 Å². The lowest BCUT2D eigenvalue weighted by molar-refractivity contribution is 0.668. The number of pyridine rings is 2. The third-order valence-corrected chi connectivity index (χ3v) is 8.85. The molecule has 0 saturated heterocycles. The van der Waals surface area contributed by atoms with Gasteiger partial charge >= 0.3 is 0 Å². The first-order valence-electron chi connectivity index (χ1n) is 15.2. The van der Waals surface area contributed by atoms with Gasteiger partial charge in [-0.05, 0) is 54.6 Å². The maximum absolute atomic E-state index is 6.28.